The molecule has 0 aromatic carbocycles. The molecule has 0 aliphatic heterocycles. The van der Waals surface area contributed by atoms with Gasteiger partial charge in [0.2, 0.25) is 0 Å². The van der Waals surface area contributed by atoms with Crippen LogP contribution < -0.4 is 0 Å². The van der Waals surface area contributed by atoms with Gasteiger partial charge in [0.15, 0.2) is 5.78 Å². The molecule has 0 aliphatic carbocycles. The lowest BCUT2D eigenvalue weighted by atomic mass is 9.98. The highest BCUT2D eigenvalue weighted by Crippen LogP contribution is 2.30. The third kappa shape index (κ3) is 2.94. The maximum Gasteiger partial charge on any atom is 0.173 e. The van der Waals surface area contributed by atoms with Crippen molar-refractivity contribution < 1.29 is 4.79 Å². The van der Waals surface area contributed by atoms with Crippen LogP contribution in [0.4, 0.5) is 0 Å². The van der Waals surface area contributed by atoms with Crippen LogP contribution in [0.25, 0.3) is 0 Å². The van der Waals surface area contributed by atoms with Crippen LogP contribution in [0.1, 0.15) is 59.3 Å². The molecule has 0 unspecified atom stereocenters. The fraction of sp³-hybridized carbons (Fsp3) is 0.643. The van der Waals surface area contributed by atoms with Gasteiger partial charge in [-0.05, 0) is 43.7 Å². The third-order valence-electron chi connectivity index (χ3n) is 2.82. The Morgan fingerprint density at radius 2 is 1.94 bits per heavy atom. The van der Waals surface area contributed by atoms with E-state index in [4.69, 9.17) is 0 Å². The number of hydrogen-bond acceptors (Lipinski definition) is 2. The zero-order chi connectivity index (χ0) is 12.3. The van der Waals surface area contributed by atoms with Crippen molar-refractivity contribution in [3.8, 4) is 0 Å². The first-order valence-corrected chi connectivity index (χ1v) is 6.91. The van der Waals surface area contributed by atoms with Gasteiger partial charge in [-0.3, -0.25) is 4.79 Å². The summed E-state index contributed by atoms with van der Waals surface area (Å²) in [5.74, 6) is 0.976. The van der Waals surface area contributed by atoms with E-state index in [-0.39, 0.29) is 0 Å². The summed E-state index contributed by atoms with van der Waals surface area (Å²) in [4.78, 5) is 14.2. The highest BCUT2D eigenvalue weighted by Gasteiger charge is 2.17. The molecule has 0 saturated carbocycles. The minimum atomic E-state index is 0.322. The number of Topliss-reactive ketones (excluding diaryl/α,β-unsaturated/α-hetero) is 1. The summed E-state index contributed by atoms with van der Waals surface area (Å²) in [6.45, 7) is 10.7. The molecule has 0 bridgehead atoms. The first-order chi connectivity index (χ1) is 7.47. The molecule has 0 radical (unpaired) electrons. The fourth-order valence-electron chi connectivity index (χ4n) is 2.00. The Bertz CT molecular complexity index is 374. The molecular formula is C14H22OS. The SMILES string of the molecule is CCCC(=O)c1sc(C)c(CC(C)C)c1C. The van der Waals surface area contributed by atoms with Gasteiger partial charge < -0.3 is 0 Å². The molecule has 1 aromatic rings. The predicted octanol–water partition coefficient (Wildman–Crippen LogP) is 4.55. The Hall–Kier alpha value is -0.630. The summed E-state index contributed by atoms with van der Waals surface area (Å²) >= 11 is 1.68. The van der Waals surface area contributed by atoms with Crippen molar-refractivity contribution in [2.45, 2.75) is 53.9 Å². The minimum absolute atomic E-state index is 0.322. The smallest absolute Gasteiger partial charge is 0.173 e. The Morgan fingerprint density at radius 3 is 2.44 bits per heavy atom. The van der Waals surface area contributed by atoms with E-state index in [1.807, 2.05) is 0 Å². The second kappa shape index (κ2) is 5.62. The lowest BCUT2D eigenvalue weighted by Gasteiger charge is -2.06. The predicted molar refractivity (Wildman–Crippen MR) is 71.6 cm³/mol. The Morgan fingerprint density at radius 1 is 1.31 bits per heavy atom. The maximum atomic E-state index is 11.9. The second-order valence-electron chi connectivity index (χ2n) is 4.86. The molecule has 0 spiro atoms. The van der Waals surface area contributed by atoms with E-state index < -0.39 is 0 Å². The number of carbonyl (C=O) groups excluding carboxylic acids is 1. The van der Waals surface area contributed by atoms with Gasteiger partial charge in [0.05, 0.1) is 4.88 Å². The summed E-state index contributed by atoms with van der Waals surface area (Å²) in [5, 5.41) is 0. The first kappa shape index (κ1) is 13.4. The molecule has 1 aromatic heterocycles. The van der Waals surface area contributed by atoms with Gasteiger partial charge >= 0.3 is 0 Å². The van der Waals surface area contributed by atoms with Gasteiger partial charge in [0.25, 0.3) is 0 Å². The number of aryl methyl sites for hydroxylation is 1. The summed E-state index contributed by atoms with van der Waals surface area (Å²) in [7, 11) is 0. The highest BCUT2D eigenvalue weighted by atomic mass is 32.1. The molecule has 0 aliphatic rings. The van der Waals surface area contributed by atoms with Gasteiger partial charge in [-0.2, -0.15) is 0 Å². The summed E-state index contributed by atoms with van der Waals surface area (Å²) in [5.41, 5.74) is 2.63. The van der Waals surface area contributed by atoms with Crippen molar-refractivity contribution in [3.05, 3.63) is 20.9 Å². The van der Waals surface area contributed by atoms with Crippen LogP contribution in [0.5, 0.6) is 0 Å². The van der Waals surface area contributed by atoms with Crippen molar-refractivity contribution in [1.29, 1.82) is 0 Å². The molecule has 1 rings (SSSR count). The number of carbonyl (C=O) groups is 1. The number of thiophene rings is 1. The fourth-order valence-corrected chi connectivity index (χ4v) is 3.16. The zero-order valence-corrected chi connectivity index (χ0v) is 11.8. The number of hydrogen-bond donors (Lipinski definition) is 0. The molecule has 0 N–H and O–H groups in total. The lowest BCUT2D eigenvalue weighted by molar-refractivity contribution is 0.0985. The van der Waals surface area contributed by atoms with Crippen LogP contribution in [0.15, 0.2) is 0 Å². The summed E-state index contributed by atoms with van der Waals surface area (Å²) in [6, 6.07) is 0. The molecular weight excluding hydrogens is 216 g/mol. The van der Waals surface area contributed by atoms with E-state index >= 15 is 0 Å². The van der Waals surface area contributed by atoms with Crippen LogP contribution in [0, 0.1) is 19.8 Å². The van der Waals surface area contributed by atoms with Gasteiger partial charge in [-0.1, -0.05) is 20.8 Å². The van der Waals surface area contributed by atoms with Crippen LogP contribution >= 0.6 is 11.3 Å². The standard InChI is InChI=1S/C14H22OS/c1-6-7-13(15)14-10(4)12(8-9(2)3)11(5)16-14/h9H,6-8H2,1-5H3. The van der Waals surface area contributed by atoms with Crippen molar-refractivity contribution in [2.24, 2.45) is 5.92 Å². The van der Waals surface area contributed by atoms with Gasteiger partial charge in [-0.15, -0.1) is 11.3 Å². The normalized spacial score (nSPS) is 11.1. The number of rotatable bonds is 5. The summed E-state index contributed by atoms with van der Waals surface area (Å²) in [6.07, 6.45) is 2.71. The van der Waals surface area contributed by atoms with Crippen LogP contribution in [-0.2, 0) is 6.42 Å². The van der Waals surface area contributed by atoms with Gasteiger partial charge in [0.1, 0.15) is 0 Å². The van der Waals surface area contributed by atoms with E-state index in [9.17, 15) is 4.79 Å². The number of ketones is 1. The van der Waals surface area contributed by atoms with Crippen molar-refractivity contribution in [1.82, 2.24) is 0 Å². The van der Waals surface area contributed by atoms with Crippen molar-refractivity contribution in [2.75, 3.05) is 0 Å². The molecule has 0 fully saturated rings. The third-order valence-corrected chi connectivity index (χ3v) is 4.11. The van der Waals surface area contributed by atoms with Gasteiger partial charge in [-0.25, -0.2) is 0 Å². The minimum Gasteiger partial charge on any atom is -0.293 e. The topological polar surface area (TPSA) is 17.1 Å². The van der Waals surface area contributed by atoms with E-state index in [0.717, 1.165) is 17.7 Å². The molecule has 1 heterocycles. The van der Waals surface area contributed by atoms with Crippen LogP contribution in [-0.4, -0.2) is 5.78 Å². The average Bonchev–Trinajstić information content (AvgIpc) is 2.45. The van der Waals surface area contributed by atoms with Gasteiger partial charge in [0, 0.05) is 11.3 Å². The van der Waals surface area contributed by atoms with Crippen LogP contribution in [0.3, 0.4) is 0 Å². The molecule has 2 heteroatoms. The Balaban J connectivity index is 3.01. The monoisotopic (exact) mass is 238 g/mol. The quantitative estimate of drug-likeness (QED) is 0.688. The Labute approximate surface area is 103 Å². The highest BCUT2D eigenvalue weighted by molar-refractivity contribution is 7.14. The van der Waals surface area contributed by atoms with E-state index in [2.05, 4.69) is 34.6 Å². The second-order valence-corrected chi connectivity index (χ2v) is 6.09. The molecule has 0 amide bonds. The zero-order valence-electron chi connectivity index (χ0n) is 11.0. The van der Waals surface area contributed by atoms with Crippen molar-refractivity contribution in [3.63, 3.8) is 0 Å². The largest absolute Gasteiger partial charge is 0.293 e. The summed E-state index contributed by atoms with van der Waals surface area (Å²) < 4.78 is 0. The van der Waals surface area contributed by atoms with E-state index in [0.29, 0.717) is 18.1 Å². The van der Waals surface area contributed by atoms with E-state index in [1.165, 1.54) is 16.0 Å². The maximum absolute atomic E-state index is 11.9. The molecule has 16 heavy (non-hydrogen) atoms. The molecule has 90 valence electrons. The van der Waals surface area contributed by atoms with Crippen LogP contribution in [0.2, 0.25) is 0 Å². The average molecular weight is 238 g/mol. The molecule has 0 atom stereocenters. The lowest BCUT2D eigenvalue weighted by Crippen LogP contribution is -2.00. The van der Waals surface area contributed by atoms with Crippen molar-refractivity contribution >= 4 is 17.1 Å². The molecule has 1 nitrogen and oxygen atoms in total. The van der Waals surface area contributed by atoms with E-state index in [1.54, 1.807) is 11.3 Å². The molecule has 0 saturated heterocycles. The Kier molecular flexibility index (Phi) is 4.72. The first-order valence-electron chi connectivity index (χ1n) is 6.09.